The third-order valence-electron chi connectivity index (χ3n) is 3.27. The van der Waals surface area contributed by atoms with Gasteiger partial charge in [0.15, 0.2) is 0 Å². The molecule has 0 atom stereocenters. The maximum absolute atomic E-state index is 11.4. The van der Waals surface area contributed by atoms with Gasteiger partial charge in [0.1, 0.15) is 17.5 Å². The lowest BCUT2D eigenvalue weighted by atomic mass is 10.3. The maximum Gasteiger partial charge on any atom is 0.221 e. The fourth-order valence-corrected chi connectivity index (χ4v) is 2.01. The largest absolute Gasteiger partial charge is 0.370 e. The van der Waals surface area contributed by atoms with Gasteiger partial charge in [-0.3, -0.25) is 4.79 Å². The number of carbonyl (C=O) groups is 1. The molecule has 1 aliphatic carbocycles. The lowest BCUT2D eigenvalue weighted by molar-refractivity contribution is -0.120. The quantitative estimate of drug-likeness (QED) is 0.649. The first-order chi connectivity index (χ1) is 10.2. The van der Waals surface area contributed by atoms with Crippen LogP contribution in [0.15, 0.2) is 6.07 Å². The summed E-state index contributed by atoms with van der Waals surface area (Å²) in [4.78, 5) is 20.5. The molecule has 0 spiro atoms. The monoisotopic (exact) mass is 291 g/mol. The molecule has 0 saturated heterocycles. The Morgan fingerprint density at radius 2 is 1.86 bits per heavy atom. The average Bonchev–Trinajstić information content (AvgIpc) is 3.30. The Kier molecular flexibility index (Phi) is 5.78. The van der Waals surface area contributed by atoms with Crippen molar-refractivity contribution in [2.24, 2.45) is 0 Å². The molecule has 1 aliphatic rings. The predicted octanol–water partition coefficient (Wildman–Crippen LogP) is 2.11. The molecule has 1 amide bonds. The van der Waals surface area contributed by atoms with Crippen LogP contribution in [0.3, 0.4) is 0 Å². The van der Waals surface area contributed by atoms with Crippen molar-refractivity contribution >= 4 is 17.5 Å². The van der Waals surface area contributed by atoms with Crippen LogP contribution in [0.1, 0.15) is 51.3 Å². The van der Waals surface area contributed by atoms with Gasteiger partial charge in [-0.1, -0.05) is 6.92 Å². The number of nitrogens with one attached hydrogen (secondary N) is 3. The van der Waals surface area contributed by atoms with Crippen LogP contribution in [-0.2, 0) is 4.79 Å². The van der Waals surface area contributed by atoms with Crippen molar-refractivity contribution < 1.29 is 4.79 Å². The third kappa shape index (κ3) is 5.21. The summed E-state index contributed by atoms with van der Waals surface area (Å²) in [6, 6.07) is 1.92. The van der Waals surface area contributed by atoms with E-state index in [-0.39, 0.29) is 5.91 Å². The van der Waals surface area contributed by atoms with E-state index in [0.717, 1.165) is 30.4 Å². The van der Waals surface area contributed by atoms with Crippen molar-refractivity contribution in [1.29, 1.82) is 0 Å². The second-order valence-electron chi connectivity index (χ2n) is 5.33. The summed E-state index contributed by atoms with van der Waals surface area (Å²) >= 11 is 0. The summed E-state index contributed by atoms with van der Waals surface area (Å²) in [5.41, 5.74) is 0. The normalized spacial score (nSPS) is 13.8. The zero-order valence-electron chi connectivity index (χ0n) is 12.9. The van der Waals surface area contributed by atoms with E-state index in [4.69, 9.17) is 0 Å². The van der Waals surface area contributed by atoms with Crippen molar-refractivity contribution in [3.63, 3.8) is 0 Å². The standard InChI is InChI=1S/C15H25N5O/c1-3-8-17-12-10-13(18-9-7-14(21)16-4-2)20-15(19-12)11-5-6-11/h10-11H,3-9H2,1-2H3,(H,16,21)(H2,17,18,19,20). The molecule has 0 unspecified atom stereocenters. The molecule has 0 aromatic carbocycles. The molecule has 6 nitrogen and oxygen atoms in total. The Hall–Kier alpha value is -1.85. The lowest BCUT2D eigenvalue weighted by Gasteiger charge is -2.11. The van der Waals surface area contributed by atoms with Crippen LogP contribution in [-0.4, -0.2) is 35.5 Å². The summed E-state index contributed by atoms with van der Waals surface area (Å²) in [5, 5.41) is 9.32. The number of carbonyl (C=O) groups excluding carboxylic acids is 1. The van der Waals surface area contributed by atoms with Gasteiger partial charge >= 0.3 is 0 Å². The van der Waals surface area contributed by atoms with E-state index in [0.29, 0.717) is 25.4 Å². The van der Waals surface area contributed by atoms with Crippen LogP contribution < -0.4 is 16.0 Å². The molecule has 0 bridgehead atoms. The summed E-state index contributed by atoms with van der Waals surface area (Å²) in [7, 11) is 0. The van der Waals surface area contributed by atoms with Gasteiger partial charge in [0.05, 0.1) is 0 Å². The number of nitrogens with zero attached hydrogens (tertiary/aromatic N) is 2. The van der Waals surface area contributed by atoms with Crippen LogP contribution in [0.4, 0.5) is 11.6 Å². The SMILES string of the molecule is CCCNc1cc(NCCC(=O)NCC)nc(C2CC2)n1. The van der Waals surface area contributed by atoms with E-state index in [1.54, 1.807) is 0 Å². The first kappa shape index (κ1) is 15.5. The van der Waals surface area contributed by atoms with Gasteiger partial charge in [0, 0.05) is 38.0 Å². The highest BCUT2D eigenvalue weighted by molar-refractivity contribution is 5.76. The molecule has 1 aromatic heterocycles. The number of hydrogen-bond donors (Lipinski definition) is 3. The smallest absolute Gasteiger partial charge is 0.221 e. The molecule has 1 fully saturated rings. The van der Waals surface area contributed by atoms with Crippen molar-refractivity contribution in [3.8, 4) is 0 Å². The van der Waals surface area contributed by atoms with Crippen molar-refractivity contribution in [1.82, 2.24) is 15.3 Å². The first-order valence-corrected chi connectivity index (χ1v) is 7.86. The van der Waals surface area contributed by atoms with Crippen LogP contribution in [0.5, 0.6) is 0 Å². The molecule has 3 N–H and O–H groups in total. The Bertz CT molecular complexity index is 473. The molecule has 2 rings (SSSR count). The summed E-state index contributed by atoms with van der Waals surface area (Å²) < 4.78 is 0. The van der Waals surface area contributed by atoms with E-state index in [1.807, 2.05) is 13.0 Å². The van der Waals surface area contributed by atoms with Gasteiger partial charge in [0.25, 0.3) is 0 Å². The Morgan fingerprint density at radius 1 is 1.19 bits per heavy atom. The second-order valence-corrected chi connectivity index (χ2v) is 5.33. The number of anilines is 2. The van der Waals surface area contributed by atoms with Crippen LogP contribution in [0, 0.1) is 0 Å². The molecule has 21 heavy (non-hydrogen) atoms. The second kappa shape index (κ2) is 7.81. The Balaban J connectivity index is 1.93. The molecule has 1 aromatic rings. The minimum absolute atomic E-state index is 0.0609. The molecule has 1 saturated carbocycles. The molecule has 116 valence electrons. The molecule has 1 heterocycles. The minimum Gasteiger partial charge on any atom is -0.370 e. The predicted molar refractivity (Wildman–Crippen MR) is 84.6 cm³/mol. The van der Waals surface area contributed by atoms with Gasteiger partial charge in [-0.25, -0.2) is 9.97 Å². The van der Waals surface area contributed by atoms with E-state index in [9.17, 15) is 4.79 Å². The summed E-state index contributed by atoms with van der Waals surface area (Å²) in [6.45, 7) is 6.20. The van der Waals surface area contributed by atoms with Gasteiger partial charge in [0.2, 0.25) is 5.91 Å². The van der Waals surface area contributed by atoms with E-state index < -0.39 is 0 Å². The number of rotatable bonds is 9. The van der Waals surface area contributed by atoms with Crippen molar-refractivity contribution in [2.75, 3.05) is 30.3 Å². The van der Waals surface area contributed by atoms with E-state index in [1.165, 1.54) is 12.8 Å². The summed E-state index contributed by atoms with van der Waals surface area (Å²) in [5.74, 6) is 3.16. The molecular formula is C15H25N5O. The number of amides is 1. The molecular weight excluding hydrogens is 266 g/mol. The maximum atomic E-state index is 11.4. The number of aromatic nitrogens is 2. The minimum atomic E-state index is 0.0609. The molecule has 0 aliphatic heterocycles. The summed E-state index contributed by atoms with van der Waals surface area (Å²) in [6.07, 6.45) is 3.86. The highest BCUT2D eigenvalue weighted by atomic mass is 16.1. The van der Waals surface area contributed by atoms with Gasteiger partial charge in [-0.2, -0.15) is 0 Å². The molecule has 6 heteroatoms. The van der Waals surface area contributed by atoms with Gasteiger partial charge in [-0.05, 0) is 26.2 Å². The molecule has 0 radical (unpaired) electrons. The van der Waals surface area contributed by atoms with Gasteiger partial charge in [-0.15, -0.1) is 0 Å². The van der Waals surface area contributed by atoms with Crippen molar-refractivity contribution in [3.05, 3.63) is 11.9 Å². The Labute approximate surface area is 126 Å². The highest BCUT2D eigenvalue weighted by Gasteiger charge is 2.27. The van der Waals surface area contributed by atoms with E-state index >= 15 is 0 Å². The topological polar surface area (TPSA) is 78.9 Å². The fraction of sp³-hybridized carbons (Fsp3) is 0.667. The Morgan fingerprint density at radius 3 is 2.43 bits per heavy atom. The highest BCUT2D eigenvalue weighted by Crippen LogP contribution is 2.38. The van der Waals surface area contributed by atoms with Crippen LogP contribution >= 0.6 is 0 Å². The van der Waals surface area contributed by atoms with Crippen LogP contribution in [0.2, 0.25) is 0 Å². The average molecular weight is 291 g/mol. The van der Waals surface area contributed by atoms with Gasteiger partial charge < -0.3 is 16.0 Å². The van der Waals surface area contributed by atoms with Crippen molar-refractivity contribution in [2.45, 2.75) is 45.4 Å². The van der Waals surface area contributed by atoms with Crippen LogP contribution in [0.25, 0.3) is 0 Å². The fourth-order valence-electron chi connectivity index (χ4n) is 2.01. The lowest BCUT2D eigenvalue weighted by Crippen LogP contribution is -2.25. The zero-order valence-corrected chi connectivity index (χ0v) is 12.9. The number of hydrogen-bond acceptors (Lipinski definition) is 5. The first-order valence-electron chi connectivity index (χ1n) is 7.86. The zero-order chi connectivity index (χ0) is 15.1. The third-order valence-corrected chi connectivity index (χ3v) is 3.27. The van der Waals surface area contributed by atoms with E-state index in [2.05, 4.69) is 32.8 Å².